The van der Waals surface area contributed by atoms with Crippen LogP contribution in [0.1, 0.15) is 97.3 Å². The SMILES string of the molecule is CCCCCCCCCCCCCCC(C)NCCNCCO. The first kappa shape index (κ1) is 22.9. The smallest absolute Gasteiger partial charge is 0.0555 e. The Hall–Kier alpha value is -0.120. The molecule has 0 saturated carbocycles. The minimum Gasteiger partial charge on any atom is -0.395 e. The van der Waals surface area contributed by atoms with E-state index in [0.29, 0.717) is 12.6 Å². The topological polar surface area (TPSA) is 44.3 Å². The monoisotopic (exact) mass is 328 g/mol. The fourth-order valence-electron chi connectivity index (χ4n) is 3.00. The molecule has 3 nitrogen and oxygen atoms in total. The zero-order valence-corrected chi connectivity index (χ0v) is 16.0. The van der Waals surface area contributed by atoms with Crippen molar-refractivity contribution in [3.63, 3.8) is 0 Å². The molecule has 0 heterocycles. The van der Waals surface area contributed by atoms with Gasteiger partial charge in [-0.25, -0.2) is 0 Å². The normalized spacial score (nSPS) is 12.7. The second-order valence-corrected chi connectivity index (χ2v) is 7.01. The predicted octanol–water partition coefficient (Wildman–Crippen LogP) is 4.64. The standard InChI is InChI=1S/C20H44N2O/c1-3-4-5-6-7-8-9-10-11-12-13-14-15-20(2)22-17-16-21-18-19-23/h20-23H,3-19H2,1-2H3. The van der Waals surface area contributed by atoms with Crippen LogP contribution in [0.15, 0.2) is 0 Å². The molecule has 0 aliphatic carbocycles. The molecule has 3 N–H and O–H groups in total. The highest BCUT2D eigenvalue weighted by Crippen LogP contribution is 2.12. The number of aliphatic hydroxyl groups is 1. The van der Waals surface area contributed by atoms with Crippen molar-refractivity contribution in [2.75, 3.05) is 26.2 Å². The summed E-state index contributed by atoms with van der Waals surface area (Å²) in [5.41, 5.74) is 0. The van der Waals surface area contributed by atoms with Crippen LogP contribution in [0.2, 0.25) is 0 Å². The summed E-state index contributed by atoms with van der Waals surface area (Å²) in [6, 6.07) is 0.619. The lowest BCUT2D eigenvalue weighted by Crippen LogP contribution is -2.34. The van der Waals surface area contributed by atoms with Gasteiger partial charge in [0, 0.05) is 25.7 Å². The minimum absolute atomic E-state index is 0.231. The lowest BCUT2D eigenvalue weighted by atomic mass is 10.0. The molecule has 0 rings (SSSR count). The van der Waals surface area contributed by atoms with Crippen molar-refractivity contribution in [3.8, 4) is 0 Å². The molecule has 0 spiro atoms. The Morgan fingerprint density at radius 1 is 0.696 bits per heavy atom. The first-order valence-electron chi connectivity index (χ1n) is 10.4. The molecule has 1 atom stereocenters. The summed E-state index contributed by atoms with van der Waals surface area (Å²) in [5, 5.41) is 15.4. The van der Waals surface area contributed by atoms with Gasteiger partial charge in [0.2, 0.25) is 0 Å². The van der Waals surface area contributed by atoms with Crippen molar-refractivity contribution < 1.29 is 5.11 Å². The van der Waals surface area contributed by atoms with Gasteiger partial charge < -0.3 is 15.7 Å². The van der Waals surface area contributed by atoms with Gasteiger partial charge in [-0.15, -0.1) is 0 Å². The first-order chi connectivity index (χ1) is 11.3. The van der Waals surface area contributed by atoms with Gasteiger partial charge in [0.05, 0.1) is 6.61 Å². The van der Waals surface area contributed by atoms with Crippen molar-refractivity contribution in [1.82, 2.24) is 10.6 Å². The van der Waals surface area contributed by atoms with Crippen LogP contribution in [0, 0.1) is 0 Å². The van der Waals surface area contributed by atoms with Crippen LogP contribution >= 0.6 is 0 Å². The summed E-state index contributed by atoms with van der Waals surface area (Å²) in [7, 11) is 0. The van der Waals surface area contributed by atoms with Gasteiger partial charge in [-0.3, -0.25) is 0 Å². The number of hydrogen-bond acceptors (Lipinski definition) is 3. The zero-order chi connectivity index (χ0) is 17.0. The van der Waals surface area contributed by atoms with Gasteiger partial charge in [0.1, 0.15) is 0 Å². The molecule has 0 amide bonds. The Bertz CT molecular complexity index is 212. The highest BCUT2D eigenvalue weighted by atomic mass is 16.3. The van der Waals surface area contributed by atoms with E-state index in [2.05, 4.69) is 24.5 Å². The van der Waals surface area contributed by atoms with E-state index in [9.17, 15) is 0 Å². The fraction of sp³-hybridized carbons (Fsp3) is 1.00. The van der Waals surface area contributed by atoms with Gasteiger partial charge >= 0.3 is 0 Å². The molecule has 1 unspecified atom stereocenters. The second-order valence-electron chi connectivity index (χ2n) is 7.01. The van der Waals surface area contributed by atoms with Crippen molar-refractivity contribution in [2.45, 2.75) is 103 Å². The maximum absolute atomic E-state index is 8.67. The first-order valence-corrected chi connectivity index (χ1v) is 10.4. The Morgan fingerprint density at radius 3 is 1.74 bits per heavy atom. The second kappa shape index (κ2) is 19.9. The maximum atomic E-state index is 8.67. The lowest BCUT2D eigenvalue weighted by Gasteiger charge is -2.13. The van der Waals surface area contributed by atoms with E-state index in [1.54, 1.807) is 0 Å². The van der Waals surface area contributed by atoms with E-state index in [0.717, 1.165) is 13.1 Å². The van der Waals surface area contributed by atoms with Crippen LogP contribution in [0.5, 0.6) is 0 Å². The van der Waals surface area contributed by atoms with Gasteiger partial charge in [-0.05, 0) is 13.3 Å². The summed E-state index contributed by atoms with van der Waals surface area (Å²) >= 11 is 0. The van der Waals surface area contributed by atoms with Crippen molar-refractivity contribution >= 4 is 0 Å². The largest absolute Gasteiger partial charge is 0.395 e. The highest BCUT2D eigenvalue weighted by molar-refractivity contribution is 4.62. The molecule has 0 aliphatic rings. The molecule has 23 heavy (non-hydrogen) atoms. The van der Waals surface area contributed by atoms with E-state index in [-0.39, 0.29) is 6.61 Å². The third kappa shape index (κ3) is 19.8. The quantitative estimate of drug-likeness (QED) is 0.303. The van der Waals surface area contributed by atoms with Crippen molar-refractivity contribution in [3.05, 3.63) is 0 Å². The zero-order valence-electron chi connectivity index (χ0n) is 16.0. The van der Waals surface area contributed by atoms with Crippen LogP contribution in [0.3, 0.4) is 0 Å². The summed E-state index contributed by atoms with van der Waals surface area (Å²) in [4.78, 5) is 0. The number of hydrogen-bond donors (Lipinski definition) is 3. The molecule has 140 valence electrons. The maximum Gasteiger partial charge on any atom is 0.0555 e. The Labute approximate surface area is 146 Å². The van der Waals surface area contributed by atoms with Gasteiger partial charge in [-0.2, -0.15) is 0 Å². The molecule has 0 saturated heterocycles. The lowest BCUT2D eigenvalue weighted by molar-refractivity contribution is 0.292. The van der Waals surface area contributed by atoms with Gasteiger partial charge in [-0.1, -0.05) is 84.0 Å². The van der Waals surface area contributed by atoms with E-state index in [4.69, 9.17) is 5.11 Å². The van der Waals surface area contributed by atoms with E-state index >= 15 is 0 Å². The molecule has 0 aromatic carbocycles. The van der Waals surface area contributed by atoms with E-state index in [1.807, 2.05) is 0 Å². The minimum atomic E-state index is 0.231. The Morgan fingerprint density at radius 2 is 1.22 bits per heavy atom. The van der Waals surface area contributed by atoms with Crippen molar-refractivity contribution in [1.29, 1.82) is 0 Å². The summed E-state index contributed by atoms with van der Waals surface area (Å²) < 4.78 is 0. The van der Waals surface area contributed by atoms with Crippen molar-refractivity contribution in [2.24, 2.45) is 0 Å². The van der Waals surface area contributed by atoms with Gasteiger partial charge in [0.15, 0.2) is 0 Å². The third-order valence-corrected chi connectivity index (χ3v) is 4.57. The highest BCUT2D eigenvalue weighted by Gasteiger charge is 2.00. The molecule has 0 aromatic rings. The number of nitrogens with one attached hydrogen (secondary N) is 2. The molecule has 0 bridgehead atoms. The molecule has 0 aromatic heterocycles. The van der Waals surface area contributed by atoms with Crippen LogP contribution < -0.4 is 10.6 Å². The van der Waals surface area contributed by atoms with Crippen LogP contribution in [0.25, 0.3) is 0 Å². The molecular weight excluding hydrogens is 284 g/mol. The fourth-order valence-corrected chi connectivity index (χ4v) is 3.00. The molecule has 0 radical (unpaired) electrons. The Kier molecular flexibility index (Phi) is 19.8. The molecular formula is C20H44N2O. The average molecular weight is 329 g/mol. The van der Waals surface area contributed by atoms with Crippen LogP contribution in [-0.2, 0) is 0 Å². The number of aliphatic hydroxyl groups excluding tert-OH is 1. The average Bonchev–Trinajstić information content (AvgIpc) is 2.55. The molecule has 0 aliphatic heterocycles. The summed E-state index contributed by atoms with van der Waals surface area (Å²) in [6.07, 6.45) is 18.4. The van der Waals surface area contributed by atoms with E-state index < -0.39 is 0 Å². The molecule has 0 fully saturated rings. The van der Waals surface area contributed by atoms with Crippen LogP contribution in [-0.4, -0.2) is 37.4 Å². The van der Waals surface area contributed by atoms with Crippen LogP contribution in [0.4, 0.5) is 0 Å². The number of rotatable bonds is 19. The predicted molar refractivity (Wildman–Crippen MR) is 103 cm³/mol. The third-order valence-electron chi connectivity index (χ3n) is 4.57. The Balaban J connectivity index is 3.08. The molecule has 3 heteroatoms. The summed E-state index contributed by atoms with van der Waals surface area (Å²) in [5.74, 6) is 0. The van der Waals surface area contributed by atoms with E-state index in [1.165, 1.54) is 83.5 Å². The number of unbranched alkanes of at least 4 members (excludes halogenated alkanes) is 11. The summed E-state index contributed by atoms with van der Waals surface area (Å²) in [6.45, 7) is 7.45. The van der Waals surface area contributed by atoms with Gasteiger partial charge in [0.25, 0.3) is 0 Å².